The molecule has 1 aliphatic heterocycles. The number of benzene rings is 1. The molecule has 0 bridgehead atoms. The van der Waals surface area contributed by atoms with Gasteiger partial charge in [-0.1, -0.05) is 37.8 Å². The van der Waals surface area contributed by atoms with Gasteiger partial charge in [0.05, 0.1) is 30.9 Å². The quantitative estimate of drug-likeness (QED) is 0.298. The SMILES string of the molecule is C=C(C)CSc1nc2sc3c(c2c(=O)n1-c1ccc(OC)cc1)C[C@@H](C(C)C)OC3. The van der Waals surface area contributed by atoms with E-state index in [1.807, 2.05) is 31.2 Å². The molecule has 0 N–H and O–H groups in total. The number of ether oxygens (including phenoxy) is 2. The third kappa shape index (κ3) is 3.94. The Morgan fingerprint density at radius 1 is 1.40 bits per heavy atom. The number of nitrogens with zero attached hydrogens (tertiary/aromatic N) is 2. The average Bonchev–Trinajstić information content (AvgIpc) is 3.10. The molecule has 0 aliphatic carbocycles. The molecule has 5 nitrogen and oxygen atoms in total. The van der Waals surface area contributed by atoms with Gasteiger partial charge in [0, 0.05) is 17.1 Å². The van der Waals surface area contributed by atoms with Crippen LogP contribution in [0.4, 0.5) is 0 Å². The molecule has 158 valence electrons. The summed E-state index contributed by atoms with van der Waals surface area (Å²) in [6.07, 6.45) is 0.881. The summed E-state index contributed by atoms with van der Waals surface area (Å²) >= 11 is 3.12. The summed E-state index contributed by atoms with van der Waals surface area (Å²) in [5.74, 6) is 1.86. The van der Waals surface area contributed by atoms with E-state index < -0.39 is 0 Å². The fourth-order valence-electron chi connectivity index (χ4n) is 3.58. The lowest BCUT2D eigenvalue weighted by Gasteiger charge is -2.26. The van der Waals surface area contributed by atoms with E-state index in [4.69, 9.17) is 14.5 Å². The number of rotatable bonds is 6. The van der Waals surface area contributed by atoms with Crippen LogP contribution < -0.4 is 10.3 Å². The third-order valence-corrected chi connectivity index (χ3v) is 7.50. The molecule has 4 rings (SSSR count). The molecular formula is C23H26N2O3S2. The van der Waals surface area contributed by atoms with Crippen LogP contribution in [0.3, 0.4) is 0 Å². The molecule has 0 radical (unpaired) electrons. The van der Waals surface area contributed by atoms with Gasteiger partial charge in [-0.25, -0.2) is 4.98 Å². The molecule has 3 aromatic rings. The van der Waals surface area contributed by atoms with Crippen LogP contribution in [0.2, 0.25) is 0 Å². The molecule has 0 amide bonds. The Bertz CT molecular complexity index is 1150. The zero-order chi connectivity index (χ0) is 21.4. The molecule has 30 heavy (non-hydrogen) atoms. The lowest BCUT2D eigenvalue weighted by Crippen LogP contribution is -2.28. The van der Waals surface area contributed by atoms with E-state index in [1.165, 1.54) is 11.8 Å². The van der Waals surface area contributed by atoms with Crippen molar-refractivity contribution in [3.8, 4) is 11.4 Å². The summed E-state index contributed by atoms with van der Waals surface area (Å²) in [6.45, 7) is 10.8. The van der Waals surface area contributed by atoms with Gasteiger partial charge in [0.15, 0.2) is 5.16 Å². The minimum atomic E-state index is -0.0173. The second-order valence-corrected chi connectivity index (χ2v) is 9.99. The second-order valence-electron chi connectivity index (χ2n) is 7.96. The Hall–Kier alpha value is -2.09. The average molecular weight is 443 g/mol. The fraction of sp³-hybridized carbons (Fsp3) is 0.391. The summed E-state index contributed by atoms with van der Waals surface area (Å²) in [7, 11) is 1.63. The van der Waals surface area contributed by atoms with Gasteiger partial charge in [-0.2, -0.15) is 0 Å². The van der Waals surface area contributed by atoms with Crippen LogP contribution in [-0.2, 0) is 17.8 Å². The summed E-state index contributed by atoms with van der Waals surface area (Å²) < 4.78 is 13.0. The lowest BCUT2D eigenvalue weighted by molar-refractivity contribution is 0.00200. The topological polar surface area (TPSA) is 53.4 Å². The highest BCUT2D eigenvalue weighted by atomic mass is 32.2. The number of hydrogen-bond donors (Lipinski definition) is 0. The largest absolute Gasteiger partial charge is 0.497 e. The Balaban J connectivity index is 1.91. The first-order chi connectivity index (χ1) is 14.4. The number of methoxy groups -OCH3 is 1. The number of hydrogen-bond acceptors (Lipinski definition) is 6. The van der Waals surface area contributed by atoms with Gasteiger partial charge in [0.2, 0.25) is 0 Å². The van der Waals surface area contributed by atoms with Crippen LogP contribution in [0, 0.1) is 5.92 Å². The number of thioether (sulfide) groups is 1. The van der Waals surface area contributed by atoms with E-state index in [0.29, 0.717) is 23.4 Å². The number of aromatic nitrogens is 2. The molecule has 1 atom stereocenters. The smallest absolute Gasteiger partial charge is 0.267 e. The van der Waals surface area contributed by atoms with Crippen LogP contribution >= 0.6 is 23.1 Å². The van der Waals surface area contributed by atoms with Crippen LogP contribution in [0.5, 0.6) is 5.75 Å². The maximum absolute atomic E-state index is 13.8. The van der Waals surface area contributed by atoms with Gasteiger partial charge in [-0.15, -0.1) is 11.3 Å². The highest BCUT2D eigenvalue weighted by molar-refractivity contribution is 7.99. The Labute approximate surface area is 184 Å². The zero-order valence-corrected chi connectivity index (χ0v) is 19.4. The maximum Gasteiger partial charge on any atom is 0.267 e. The summed E-state index contributed by atoms with van der Waals surface area (Å²) in [6, 6.07) is 7.53. The highest BCUT2D eigenvalue weighted by Crippen LogP contribution is 2.36. The van der Waals surface area contributed by atoms with E-state index in [2.05, 4.69) is 20.4 Å². The third-order valence-electron chi connectivity index (χ3n) is 5.23. The van der Waals surface area contributed by atoms with Gasteiger partial charge < -0.3 is 9.47 Å². The van der Waals surface area contributed by atoms with Crippen molar-refractivity contribution in [2.75, 3.05) is 12.9 Å². The first kappa shape index (κ1) is 21.2. The lowest BCUT2D eigenvalue weighted by atomic mass is 9.96. The molecule has 1 aromatic carbocycles. The van der Waals surface area contributed by atoms with Crippen molar-refractivity contribution in [2.45, 2.75) is 45.1 Å². The maximum atomic E-state index is 13.8. The molecule has 3 heterocycles. The van der Waals surface area contributed by atoms with Gasteiger partial charge >= 0.3 is 0 Å². The molecule has 0 unspecified atom stereocenters. The fourth-order valence-corrected chi connectivity index (χ4v) is 5.60. The Morgan fingerprint density at radius 3 is 2.77 bits per heavy atom. The van der Waals surface area contributed by atoms with E-state index in [0.717, 1.165) is 44.1 Å². The Morgan fingerprint density at radius 2 is 2.13 bits per heavy atom. The van der Waals surface area contributed by atoms with Crippen molar-refractivity contribution in [3.63, 3.8) is 0 Å². The van der Waals surface area contributed by atoms with Crippen molar-refractivity contribution in [3.05, 3.63) is 57.2 Å². The summed E-state index contributed by atoms with van der Waals surface area (Å²) in [5.41, 5.74) is 2.91. The predicted octanol–water partition coefficient (Wildman–Crippen LogP) is 5.22. The molecule has 2 aromatic heterocycles. The molecule has 7 heteroatoms. The highest BCUT2D eigenvalue weighted by Gasteiger charge is 2.28. The monoisotopic (exact) mass is 442 g/mol. The van der Waals surface area contributed by atoms with E-state index >= 15 is 0 Å². The van der Waals surface area contributed by atoms with Gasteiger partial charge in [-0.05, 0) is 42.7 Å². The van der Waals surface area contributed by atoms with E-state index in [9.17, 15) is 4.79 Å². The van der Waals surface area contributed by atoms with Crippen molar-refractivity contribution in [1.29, 1.82) is 0 Å². The van der Waals surface area contributed by atoms with Crippen molar-refractivity contribution in [1.82, 2.24) is 9.55 Å². The van der Waals surface area contributed by atoms with Crippen molar-refractivity contribution in [2.24, 2.45) is 5.92 Å². The normalized spacial score (nSPS) is 16.1. The van der Waals surface area contributed by atoms with E-state index in [1.54, 1.807) is 23.0 Å². The molecule has 1 aliphatic rings. The van der Waals surface area contributed by atoms with Crippen LogP contribution in [-0.4, -0.2) is 28.5 Å². The summed E-state index contributed by atoms with van der Waals surface area (Å²) in [4.78, 5) is 20.6. The van der Waals surface area contributed by atoms with Gasteiger partial charge in [-0.3, -0.25) is 9.36 Å². The van der Waals surface area contributed by atoms with Crippen molar-refractivity contribution < 1.29 is 9.47 Å². The predicted molar refractivity (Wildman–Crippen MR) is 124 cm³/mol. The second kappa shape index (κ2) is 8.57. The van der Waals surface area contributed by atoms with E-state index in [-0.39, 0.29) is 11.7 Å². The van der Waals surface area contributed by atoms with Gasteiger partial charge in [0.1, 0.15) is 10.6 Å². The zero-order valence-electron chi connectivity index (χ0n) is 17.7. The number of fused-ring (bicyclic) bond motifs is 3. The first-order valence-electron chi connectivity index (χ1n) is 9.99. The van der Waals surface area contributed by atoms with Crippen LogP contribution in [0.25, 0.3) is 15.9 Å². The minimum absolute atomic E-state index is 0.0173. The molecular weight excluding hydrogens is 416 g/mol. The summed E-state index contributed by atoms with van der Waals surface area (Å²) in [5, 5.41) is 1.42. The van der Waals surface area contributed by atoms with Crippen molar-refractivity contribution >= 4 is 33.3 Å². The first-order valence-corrected chi connectivity index (χ1v) is 11.8. The standard InChI is InChI=1S/C23H26N2O3S2/c1-13(2)12-29-23-24-21-20(17-10-18(14(3)4)28-11-19(17)30-21)22(26)25(23)15-6-8-16(27-5)9-7-15/h6-9,14,18H,1,10-12H2,2-5H3/t18-/m0/s1. The molecule has 0 spiro atoms. The Kier molecular flexibility index (Phi) is 6.04. The van der Waals surface area contributed by atoms with Crippen LogP contribution in [0.15, 0.2) is 46.4 Å². The van der Waals surface area contributed by atoms with Gasteiger partial charge in [0.25, 0.3) is 5.56 Å². The minimum Gasteiger partial charge on any atom is -0.497 e. The molecule has 0 saturated heterocycles. The van der Waals surface area contributed by atoms with Crippen LogP contribution in [0.1, 0.15) is 31.2 Å². The molecule has 0 saturated carbocycles. The molecule has 0 fully saturated rings. The number of thiophene rings is 1.